The molecule has 1 aliphatic rings. The molecule has 1 fully saturated rings. The number of nitrogens with zero attached hydrogens (tertiary/aromatic N) is 1. The molecule has 0 aromatic heterocycles. The quantitative estimate of drug-likeness (QED) is 0.506. The molecular weight excluding hydrogens is 170 g/mol. The predicted molar refractivity (Wildman–Crippen MR) is 47.1 cm³/mol. The molecule has 1 N–H and O–H groups in total. The molecule has 1 rings (SSSR count). The van der Waals surface area contributed by atoms with E-state index < -0.39 is 11.8 Å². The minimum Gasteiger partial charge on any atom is -0.250 e. The molecule has 0 saturated carbocycles. The van der Waals surface area contributed by atoms with E-state index >= 15 is 0 Å². The molecular formula is C9H18NO3. The molecule has 1 heterocycles. The van der Waals surface area contributed by atoms with Gasteiger partial charge in [-0.25, -0.2) is 4.89 Å². The number of hydrogen-bond acceptors (Lipinski definition) is 3. The molecule has 1 aliphatic heterocycles. The van der Waals surface area contributed by atoms with Crippen molar-refractivity contribution in [3.8, 4) is 0 Å². The Morgan fingerprint density at radius 1 is 1.54 bits per heavy atom. The van der Waals surface area contributed by atoms with Crippen LogP contribution in [-0.2, 0) is 10.1 Å². The number of hydroxylamine groups is 2. The second-order valence-electron chi connectivity index (χ2n) is 4.95. The third-order valence-electron chi connectivity index (χ3n) is 3.36. The molecule has 2 atom stereocenters. The van der Waals surface area contributed by atoms with Crippen LogP contribution in [0.5, 0.6) is 0 Å². The highest BCUT2D eigenvalue weighted by Crippen LogP contribution is 2.44. The van der Waals surface area contributed by atoms with Crippen molar-refractivity contribution in [1.29, 1.82) is 0 Å². The van der Waals surface area contributed by atoms with E-state index in [9.17, 15) is 5.21 Å². The van der Waals surface area contributed by atoms with E-state index in [-0.39, 0.29) is 5.41 Å². The minimum absolute atomic E-state index is 0.109. The lowest BCUT2D eigenvalue weighted by molar-refractivity contribution is -0.384. The monoisotopic (exact) mass is 188 g/mol. The van der Waals surface area contributed by atoms with Crippen molar-refractivity contribution in [3.05, 3.63) is 0 Å². The molecule has 13 heavy (non-hydrogen) atoms. The van der Waals surface area contributed by atoms with Gasteiger partial charge in [-0.05, 0) is 25.2 Å². The summed E-state index contributed by atoms with van der Waals surface area (Å²) >= 11 is 0. The van der Waals surface area contributed by atoms with Crippen molar-refractivity contribution >= 4 is 0 Å². The van der Waals surface area contributed by atoms with Crippen LogP contribution in [0.1, 0.15) is 40.5 Å². The first-order chi connectivity index (χ1) is 5.83. The van der Waals surface area contributed by atoms with Crippen LogP contribution in [0, 0.1) is 5.41 Å². The topological polar surface area (TPSA) is 52.6 Å². The van der Waals surface area contributed by atoms with Crippen LogP contribution in [-0.4, -0.2) is 22.1 Å². The summed E-state index contributed by atoms with van der Waals surface area (Å²) < 4.78 is 0. The van der Waals surface area contributed by atoms with Gasteiger partial charge in [0, 0.05) is 0 Å². The van der Waals surface area contributed by atoms with Crippen molar-refractivity contribution in [2.75, 3.05) is 0 Å². The summed E-state index contributed by atoms with van der Waals surface area (Å²) in [6.07, 6.45) is 0.656. The van der Waals surface area contributed by atoms with Crippen LogP contribution in [0.15, 0.2) is 0 Å². The fourth-order valence-corrected chi connectivity index (χ4v) is 1.75. The van der Waals surface area contributed by atoms with Crippen molar-refractivity contribution in [2.24, 2.45) is 5.41 Å². The zero-order valence-corrected chi connectivity index (χ0v) is 8.70. The summed E-state index contributed by atoms with van der Waals surface area (Å²) in [4.78, 5) is 4.13. The molecule has 0 bridgehead atoms. The molecule has 77 valence electrons. The average molecular weight is 188 g/mol. The van der Waals surface area contributed by atoms with Gasteiger partial charge in [0.1, 0.15) is 0 Å². The summed E-state index contributed by atoms with van der Waals surface area (Å²) in [5, 5.41) is 21.1. The smallest absolute Gasteiger partial charge is 0.171 e. The first kappa shape index (κ1) is 10.9. The van der Waals surface area contributed by atoms with Gasteiger partial charge in [0.25, 0.3) is 0 Å². The van der Waals surface area contributed by atoms with Crippen molar-refractivity contribution in [1.82, 2.24) is 5.06 Å². The molecule has 0 aliphatic carbocycles. The first-order valence-corrected chi connectivity index (χ1v) is 4.59. The molecule has 0 amide bonds. The molecule has 0 aromatic carbocycles. The predicted octanol–water partition coefficient (Wildman–Crippen LogP) is 2.05. The maximum atomic E-state index is 11.7. The van der Waals surface area contributed by atoms with Crippen LogP contribution < -0.4 is 0 Å². The normalized spacial score (nSPS) is 36.9. The molecule has 1 radical (unpaired) electrons. The summed E-state index contributed by atoms with van der Waals surface area (Å²) in [6.45, 7) is 7.99. The SMILES string of the molecule is CC(C)(C)C1(C)CCC(OO)N1[O]. The van der Waals surface area contributed by atoms with E-state index in [2.05, 4.69) is 4.89 Å². The van der Waals surface area contributed by atoms with Gasteiger partial charge in [-0.1, -0.05) is 20.8 Å². The largest absolute Gasteiger partial charge is 0.250 e. The van der Waals surface area contributed by atoms with Gasteiger partial charge in [-0.3, -0.25) is 5.26 Å². The number of hydrogen-bond donors (Lipinski definition) is 1. The van der Waals surface area contributed by atoms with E-state index in [1.807, 2.05) is 27.7 Å². The fourth-order valence-electron chi connectivity index (χ4n) is 1.75. The molecule has 4 nitrogen and oxygen atoms in total. The van der Waals surface area contributed by atoms with Gasteiger partial charge in [0.05, 0.1) is 5.54 Å². The standard InChI is InChI=1S/C9H18NO3/c1-8(2,3)9(4)6-5-7(13-12)10(9)11/h7,12H,5-6H2,1-4H3. The van der Waals surface area contributed by atoms with Crippen molar-refractivity contribution < 1.29 is 15.4 Å². The molecule has 4 heteroatoms. The Labute approximate surface area is 79.0 Å². The van der Waals surface area contributed by atoms with Gasteiger partial charge in [-0.15, -0.1) is 10.3 Å². The van der Waals surface area contributed by atoms with E-state index in [4.69, 9.17) is 5.26 Å². The van der Waals surface area contributed by atoms with Crippen molar-refractivity contribution in [2.45, 2.75) is 52.3 Å². The second kappa shape index (κ2) is 3.20. The Morgan fingerprint density at radius 2 is 2.08 bits per heavy atom. The van der Waals surface area contributed by atoms with Crippen molar-refractivity contribution in [3.63, 3.8) is 0 Å². The van der Waals surface area contributed by atoms with Gasteiger partial charge >= 0.3 is 0 Å². The van der Waals surface area contributed by atoms with Gasteiger partial charge in [-0.2, -0.15) is 0 Å². The molecule has 2 unspecified atom stereocenters. The third-order valence-corrected chi connectivity index (χ3v) is 3.36. The van der Waals surface area contributed by atoms with Gasteiger partial charge in [0.2, 0.25) is 0 Å². The van der Waals surface area contributed by atoms with E-state index in [0.29, 0.717) is 6.42 Å². The zero-order chi connectivity index (χ0) is 10.3. The fraction of sp³-hybridized carbons (Fsp3) is 1.00. The summed E-state index contributed by atoms with van der Waals surface area (Å²) in [5.41, 5.74) is -0.553. The first-order valence-electron chi connectivity index (χ1n) is 4.59. The second-order valence-corrected chi connectivity index (χ2v) is 4.95. The Balaban J connectivity index is 2.83. The van der Waals surface area contributed by atoms with E-state index in [1.54, 1.807) is 0 Å². The molecule has 0 spiro atoms. The zero-order valence-electron chi connectivity index (χ0n) is 8.70. The highest BCUT2D eigenvalue weighted by Gasteiger charge is 2.51. The minimum atomic E-state index is -0.691. The maximum Gasteiger partial charge on any atom is 0.171 e. The van der Waals surface area contributed by atoms with Gasteiger partial charge < -0.3 is 0 Å². The molecule has 1 saturated heterocycles. The average Bonchev–Trinajstić information content (AvgIpc) is 2.29. The van der Waals surface area contributed by atoms with E-state index in [0.717, 1.165) is 11.5 Å². The van der Waals surface area contributed by atoms with Crippen LogP contribution in [0.4, 0.5) is 0 Å². The van der Waals surface area contributed by atoms with Crippen LogP contribution >= 0.6 is 0 Å². The maximum absolute atomic E-state index is 11.7. The lowest BCUT2D eigenvalue weighted by Crippen LogP contribution is -2.51. The Bertz CT molecular complexity index is 190. The Morgan fingerprint density at radius 3 is 2.31 bits per heavy atom. The third kappa shape index (κ3) is 1.59. The van der Waals surface area contributed by atoms with E-state index in [1.165, 1.54) is 0 Å². The van der Waals surface area contributed by atoms with Crippen LogP contribution in [0.3, 0.4) is 0 Å². The van der Waals surface area contributed by atoms with Crippen LogP contribution in [0.25, 0.3) is 0 Å². The lowest BCUT2D eigenvalue weighted by atomic mass is 9.74. The highest BCUT2D eigenvalue weighted by atomic mass is 17.1. The highest BCUT2D eigenvalue weighted by molar-refractivity contribution is 4.98. The van der Waals surface area contributed by atoms with Gasteiger partial charge in [0.15, 0.2) is 6.23 Å². The lowest BCUT2D eigenvalue weighted by Gasteiger charge is -2.41. The van der Waals surface area contributed by atoms with Crippen LogP contribution in [0.2, 0.25) is 0 Å². The Hall–Kier alpha value is -0.160. The number of rotatable bonds is 1. The summed E-state index contributed by atoms with van der Waals surface area (Å²) in [7, 11) is 0. The summed E-state index contributed by atoms with van der Waals surface area (Å²) in [6, 6.07) is 0. The Kier molecular flexibility index (Phi) is 2.69. The summed E-state index contributed by atoms with van der Waals surface area (Å²) in [5.74, 6) is 0. The molecule has 0 aromatic rings.